The highest BCUT2D eigenvalue weighted by atomic mass is 32.2. The lowest BCUT2D eigenvalue weighted by Gasteiger charge is -2.08. The third kappa shape index (κ3) is 2.76. The highest BCUT2D eigenvalue weighted by Gasteiger charge is 2.22. The molecule has 2 heteroatoms. The maximum Gasteiger partial charge on any atom is 0.0551 e. The van der Waals surface area contributed by atoms with Crippen molar-refractivity contribution in [3.05, 3.63) is 35.9 Å². The van der Waals surface area contributed by atoms with E-state index >= 15 is 0 Å². The Kier molecular flexibility index (Phi) is 3.49. The summed E-state index contributed by atoms with van der Waals surface area (Å²) in [7, 11) is 0. The SMILES string of the molecule is OC1CCC(SCc2ccccc2)C1. The second-order valence-corrected chi connectivity index (χ2v) is 5.17. The molecule has 1 aromatic rings. The van der Waals surface area contributed by atoms with Crippen LogP contribution in [0, 0.1) is 0 Å². The van der Waals surface area contributed by atoms with Crippen LogP contribution in [0.1, 0.15) is 24.8 Å². The average molecular weight is 208 g/mol. The van der Waals surface area contributed by atoms with Crippen molar-refractivity contribution < 1.29 is 5.11 Å². The van der Waals surface area contributed by atoms with Crippen molar-refractivity contribution in [2.24, 2.45) is 0 Å². The molecule has 76 valence electrons. The van der Waals surface area contributed by atoms with E-state index in [4.69, 9.17) is 0 Å². The van der Waals surface area contributed by atoms with E-state index in [0.29, 0.717) is 5.25 Å². The summed E-state index contributed by atoms with van der Waals surface area (Å²) in [5, 5.41) is 10.1. The first-order valence-electron chi connectivity index (χ1n) is 5.18. The van der Waals surface area contributed by atoms with Gasteiger partial charge >= 0.3 is 0 Å². The summed E-state index contributed by atoms with van der Waals surface area (Å²) in [4.78, 5) is 0. The van der Waals surface area contributed by atoms with Crippen LogP contribution in [0.3, 0.4) is 0 Å². The van der Waals surface area contributed by atoms with Crippen molar-refractivity contribution in [1.29, 1.82) is 0 Å². The molecule has 0 spiro atoms. The molecular formula is C12H16OS. The smallest absolute Gasteiger partial charge is 0.0551 e. The lowest BCUT2D eigenvalue weighted by atomic mass is 10.2. The van der Waals surface area contributed by atoms with Crippen LogP contribution in [-0.4, -0.2) is 16.5 Å². The minimum atomic E-state index is -0.0386. The molecule has 0 amide bonds. The first-order chi connectivity index (χ1) is 6.84. The quantitative estimate of drug-likeness (QED) is 0.824. The second-order valence-electron chi connectivity index (χ2n) is 3.89. The molecular weight excluding hydrogens is 192 g/mol. The molecule has 1 nitrogen and oxygen atoms in total. The Balaban J connectivity index is 1.78. The minimum Gasteiger partial charge on any atom is -0.393 e. The van der Waals surface area contributed by atoms with Crippen molar-refractivity contribution in [1.82, 2.24) is 0 Å². The van der Waals surface area contributed by atoms with Crippen molar-refractivity contribution in [3.63, 3.8) is 0 Å². The van der Waals surface area contributed by atoms with E-state index in [-0.39, 0.29) is 6.10 Å². The maximum absolute atomic E-state index is 9.38. The summed E-state index contributed by atoms with van der Waals surface area (Å²) in [5.41, 5.74) is 1.39. The molecule has 0 radical (unpaired) electrons. The van der Waals surface area contributed by atoms with Crippen LogP contribution in [-0.2, 0) is 5.75 Å². The van der Waals surface area contributed by atoms with Gasteiger partial charge < -0.3 is 5.11 Å². The van der Waals surface area contributed by atoms with E-state index in [1.807, 2.05) is 17.8 Å². The molecule has 0 heterocycles. The molecule has 1 aliphatic rings. The highest BCUT2D eigenvalue weighted by molar-refractivity contribution is 7.99. The maximum atomic E-state index is 9.38. The Morgan fingerprint density at radius 2 is 2.00 bits per heavy atom. The third-order valence-electron chi connectivity index (χ3n) is 2.69. The Morgan fingerprint density at radius 1 is 1.21 bits per heavy atom. The van der Waals surface area contributed by atoms with Crippen molar-refractivity contribution in [2.75, 3.05) is 0 Å². The van der Waals surface area contributed by atoms with Crippen LogP contribution in [0.2, 0.25) is 0 Å². The lowest BCUT2D eigenvalue weighted by Crippen LogP contribution is -2.01. The van der Waals surface area contributed by atoms with Gasteiger partial charge in [-0.25, -0.2) is 0 Å². The third-order valence-corrected chi connectivity index (χ3v) is 4.08. The van der Waals surface area contributed by atoms with Gasteiger partial charge in [0.15, 0.2) is 0 Å². The zero-order valence-electron chi connectivity index (χ0n) is 8.23. The van der Waals surface area contributed by atoms with E-state index in [1.165, 1.54) is 12.0 Å². The standard InChI is InChI=1S/C12H16OS/c13-11-6-7-12(8-11)14-9-10-4-2-1-3-5-10/h1-5,11-13H,6-9H2. The van der Waals surface area contributed by atoms with Crippen LogP contribution in [0.15, 0.2) is 30.3 Å². The summed E-state index contributed by atoms with van der Waals surface area (Å²) in [5.74, 6) is 1.08. The van der Waals surface area contributed by atoms with Gasteiger partial charge in [0.05, 0.1) is 6.10 Å². The van der Waals surface area contributed by atoms with Crippen molar-refractivity contribution >= 4 is 11.8 Å². The fraction of sp³-hybridized carbons (Fsp3) is 0.500. The monoisotopic (exact) mass is 208 g/mol. The molecule has 1 fully saturated rings. The Hall–Kier alpha value is -0.470. The Bertz CT molecular complexity index is 273. The van der Waals surface area contributed by atoms with Gasteiger partial charge in [0, 0.05) is 11.0 Å². The lowest BCUT2D eigenvalue weighted by molar-refractivity contribution is 0.183. The summed E-state index contributed by atoms with van der Waals surface area (Å²) in [6.07, 6.45) is 3.12. The number of hydrogen-bond donors (Lipinski definition) is 1. The first kappa shape index (κ1) is 10.1. The average Bonchev–Trinajstić information content (AvgIpc) is 2.63. The van der Waals surface area contributed by atoms with Gasteiger partial charge in [-0.15, -0.1) is 0 Å². The van der Waals surface area contributed by atoms with E-state index in [9.17, 15) is 5.11 Å². The van der Waals surface area contributed by atoms with Crippen molar-refractivity contribution in [3.8, 4) is 0 Å². The number of thioether (sulfide) groups is 1. The molecule has 14 heavy (non-hydrogen) atoms. The van der Waals surface area contributed by atoms with Crippen molar-refractivity contribution in [2.45, 2.75) is 36.4 Å². The number of hydrogen-bond acceptors (Lipinski definition) is 2. The van der Waals surface area contributed by atoms with Crippen LogP contribution in [0.25, 0.3) is 0 Å². The molecule has 1 aromatic carbocycles. The molecule has 1 aliphatic carbocycles. The summed E-state index contributed by atoms with van der Waals surface area (Å²) in [6.45, 7) is 0. The van der Waals surface area contributed by atoms with Gasteiger partial charge in [-0.05, 0) is 24.8 Å². The van der Waals surface area contributed by atoms with Gasteiger partial charge in [0.2, 0.25) is 0 Å². The topological polar surface area (TPSA) is 20.2 Å². The van der Waals surface area contributed by atoms with Crippen LogP contribution < -0.4 is 0 Å². The molecule has 2 atom stereocenters. The van der Waals surface area contributed by atoms with E-state index in [0.717, 1.165) is 18.6 Å². The van der Waals surface area contributed by atoms with Gasteiger partial charge in [-0.1, -0.05) is 30.3 Å². The van der Waals surface area contributed by atoms with Crippen LogP contribution in [0.4, 0.5) is 0 Å². The zero-order valence-corrected chi connectivity index (χ0v) is 9.04. The predicted molar refractivity (Wildman–Crippen MR) is 61.4 cm³/mol. The fourth-order valence-corrected chi connectivity index (χ4v) is 3.14. The fourth-order valence-electron chi connectivity index (χ4n) is 1.86. The predicted octanol–water partition coefficient (Wildman–Crippen LogP) is 2.83. The van der Waals surface area contributed by atoms with E-state index in [1.54, 1.807) is 0 Å². The Labute approximate surface area is 89.5 Å². The summed E-state index contributed by atoms with van der Waals surface area (Å²) in [6, 6.07) is 10.5. The minimum absolute atomic E-state index is 0.0386. The number of rotatable bonds is 3. The van der Waals surface area contributed by atoms with Gasteiger partial charge in [0.25, 0.3) is 0 Å². The highest BCUT2D eigenvalue weighted by Crippen LogP contribution is 2.31. The van der Waals surface area contributed by atoms with E-state index < -0.39 is 0 Å². The van der Waals surface area contributed by atoms with Crippen LogP contribution >= 0.6 is 11.8 Å². The van der Waals surface area contributed by atoms with Crippen LogP contribution in [0.5, 0.6) is 0 Å². The first-order valence-corrected chi connectivity index (χ1v) is 6.23. The summed E-state index contributed by atoms with van der Waals surface area (Å²) >= 11 is 1.98. The number of aliphatic hydroxyl groups excluding tert-OH is 1. The second kappa shape index (κ2) is 4.85. The zero-order chi connectivity index (χ0) is 9.80. The molecule has 1 saturated carbocycles. The summed E-state index contributed by atoms with van der Waals surface area (Å²) < 4.78 is 0. The largest absolute Gasteiger partial charge is 0.393 e. The van der Waals surface area contributed by atoms with Gasteiger partial charge in [-0.2, -0.15) is 11.8 Å². The van der Waals surface area contributed by atoms with Gasteiger partial charge in [0.1, 0.15) is 0 Å². The van der Waals surface area contributed by atoms with E-state index in [2.05, 4.69) is 24.3 Å². The van der Waals surface area contributed by atoms with Gasteiger partial charge in [-0.3, -0.25) is 0 Å². The molecule has 0 aliphatic heterocycles. The number of benzene rings is 1. The Morgan fingerprint density at radius 3 is 2.64 bits per heavy atom. The molecule has 0 bridgehead atoms. The number of aliphatic hydroxyl groups is 1. The molecule has 0 saturated heterocycles. The normalized spacial score (nSPS) is 26.6. The molecule has 2 rings (SSSR count). The molecule has 0 aromatic heterocycles. The molecule has 1 N–H and O–H groups in total. The molecule has 2 unspecified atom stereocenters.